The van der Waals surface area contributed by atoms with Crippen LogP contribution in [-0.4, -0.2) is 21.9 Å². The van der Waals surface area contributed by atoms with Crippen LogP contribution < -0.4 is 5.32 Å². The van der Waals surface area contributed by atoms with E-state index in [0.717, 1.165) is 12.8 Å². The molecule has 0 aliphatic heterocycles. The van der Waals surface area contributed by atoms with E-state index in [9.17, 15) is 24.8 Å². The number of nitrogens with one attached hydrogen (secondary N) is 1. The number of hydrogen-bond donors (Lipinski definition) is 2. The molecule has 7 heteroatoms. The molecular weight excluding hydrogens is 324 g/mol. The summed E-state index contributed by atoms with van der Waals surface area (Å²) >= 11 is 0. The second-order valence-corrected chi connectivity index (χ2v) is 7.31. The first kappa shape index (κ1) is 15.8. The van der Waals surface area contributed by atoms with Crippen LogP contribution in [0.5, 0.6) is 0 Å². The van der Waals surface area contributed by atoms with Crippen molar-refractivity contribution in [2.24, 2.45) is 29.1 Å². The van der Waals surface area contributed by atoms with Crippen molar-refractivity contribution in [1.29, 1.82) is 0 Å². The van der Waals surface area contributed by atoms with Gasteiger partial charge in [-0.1, -0.05) is 18.2 Å². The summed E-state index contributed by atoms with van der Waals surface area (Å²) in [7, 11) is 0. The van der Waals surface area contributed by atoms with Crippen molar-refractivity contribution in [3.05, 3.63) is 46.0 Å². The number of carbonyl (C=O) groups excluding carboxylic acids is 1. The van der Waals surface area contributed by atoms with Gasteiger partial charge in [-0.25, -0.2) is 0 Å². The van der Waals surface area contributed by atoms with E-state index in [0.29, 0.717) is 11.3 Å². The second-order valence-electron chi connectivity index (χ2n) is 7.31. The van der Waals surface area contributed by atoms with E-state index in [1.54, 1.807) is 13.0 Å². The van der Waals surface area contributed by atoms with Gasteiger partial charge < -0.3 is 10.4 Å². The smallest absolute Gasteiger partial charge is 0.307 e. The van der Waals surface area contributed by atoms with Crippen molar-refractivity contribution in [2.75, 3.05) is 5.32 Å². The molecule has 1 aromatic rings. The third kappa shape index (κ3) is 2.18. The molecular formula is C18H18N2O5. The normalized spacial score (nSPS) is 30.4. The number of nitro groups is 1. The molecule has 0 heterocycles. The third-order valence-corrected chi connectivity index (χ3v) is 6.12. The van der Waals surface area contributed by atoms with Crippen molar-refractivity contribution >= 4 is 23.3 Å². The van der Waals surface area contributed by atoms with Crippen LogP contribution in [0, 0.1) is 46.1 Å². The first-order valence-corrected chi connectivity index (χ1v) is 8.32. The van der Waals surface area contributed by atoms with Crippen LogP contribution in [0.4, 0.5) is 11.4 Å². The van der Waals surface area contributed by atoms with Gasteiger partial charge in [0.2, 0.25) is 5.91 Å². The van der Waals surface area contributed by atoms with Gasteiger partial charge in [-0.15, -0.1) is 0 Å². The Bertz CT molecular complexity index is 827. The lowest BCUT2D eigenvalue weighted by atomic mass is 9.82. The average molecular weight is 342 g/mol. The van der Waals surface area contributed by atoms with Crippen LogP contribution in [0.1, 0.15) is 18.4 Å². The Balaban J connectivity index is 1.63. The van der Waals surface area contributed by atoms with Crippen molar-refractivity contribution in [3.8, 4) is 0 Å². The fourth-order valence-electron chi connectivity index (χ4n) is 4.76. The molecule has 25 heavy (non-hydrogen) atoms. The SMILES string of the molecule is Cc1ccc([N+](=O)[O-])cc1NC(=O)[C@@H]1[C@H](C(=O)O)[C@H]2C=C[C@H]1C21CC1. The number of aryl methyl sites for hydroxylation is 1. The molecule has 2 bridgehead atoms. The van der Waals surface area contributed by atoms with Gasteiger partial charge in [0.15, 0.2) is 0 Å². The summed E-state index contributed by atoms with van der Waals surface area (Å²) in [6.07, 6.45) is 5.86. The van der Waals surface area contributed by atoms with E-state index in [1.165, 1.54) is 12.1 Å². The van der Waals surface area contributed by atoms with Crippen LogP contribution in [0.3, 0.4) is 0 Å². The van der Waals surface area contributed by atoms with E-state index < -0.39 is 22.7 Å². The Labute approximate surface area is 143 Å². The molecule has 130 valence electrons. The van der Waals surface area contributed by atoms with Crippen molar-refractivity contribution in [2.45, 2.75) is 19.8 Å². The van der Waals surface area contributed by atoms with Crippen LogP contribution in [0.2, 0.25) is 0 Å². The zero-order chi connectivity index (χ0) is 17.9. The minimum absolute atomic E-state index is 0.0528. The number of non-ortho nitro benzene ring substituents is 1. The van der Waals surface area contributed by atoms with E-state index in [-0.39, 0.29) is 28.8 Å². The first-order valence-electron chi connectivity index (χ1n) is 8.32. The van der Waals surface area contributed by atoms with Gasteiger partial charge >= 0.3 is 5.97 Å². The lowest BCUT2D eigenvalue weighted by Gasteiger charge is -2.24. The van der Waals surface area contributed by atoms with Crippen molar-refractivity contribution in [3.63, 3.8) is 0 Å². The second kappa shape index (κ2) is 5.15. The Hall–Kier alpha value is -2.70. The number of aliphatic carboxylic acids is 1. The van der Waals surface area contributed by atoms with E-state index in [2.05, 4.69) is 5.32 Å². The maximum atomic E-state index is 12.9. The highest BCUT2D eigenvalue weighted by Gasteiger charge is 2.70. The monoisotopic (exact) mass is 342 g/mol. The zero-order valence-electron chi connectivity index (χ0n) is 13.6. The van der Waals surface area contributed by atoms with Gasteiger partial charge in [0.1, 0.15) is 0 Å². The molecule has 4 atom stereocenters. The van der Waals surface area contributed by atoms with Crippen LogP contribution >= 0.6 is 0 Å². The van der Waals surface area contributed by atoms with Crippen molar-refractivity contribution < 1.29 is 19.6 Å². The molecule has 1 spiro atoms. The number of allylic oxidation sites excluding steroid dienone is 2. The molecule has 4 rings (SSSR count). The Morgan fingerprint density at radius 1 is 1.24 bits per heavy atom. The molecule has 2 N–H and O–H groups in total. The summed E-state index contributed by atoms with van der Waals surface area (Å²) in [5.74, 6) is -2.81. The molecule has 7 nitrogen and oxygen atoms in total. The summed E-state index contributed by atoms with van der Waals surface area (Å²) < 4.78 is 0. The molecule has 2 fully saturated rings. The van der Waals surface area contributed by atoms with Gasteiger partial charge in [0, 0.05) is 12.1 Å². The summed E-state index contributed by atoms with van der Waals surface area (Å²) in [4.78, 5) is 35.1. The van der Waals surface area contributed by atoms with Gasteiger partial charge in [0.05, 0.1) is 22.4 Å². The predicted molar refractivity (Wildman–Crippen MR) is 88.9 cm³/mol. The highest BCUT2D eigenvalue weighted by Crippen LogP contribution is 2.72. The van der Waals surface area contributed by atoms with Gasteiger partial charge in [0.25, 0.3) is 5.69 Å². The highest BCUT2D eigenvalue weighted by atomic mass is 16.6. The van der Waals surface area contributed by atoms with E-state index in [1.807, 2.05) is 12.2 Å². The lowest BCUT2D eigenvalue weighted by Crippen LogP contribution is -2.36. The summed E-state index contributed by atoms with van der Waals surface area (Å²) in [6, 6.07) is 4.27. The molecule has 0 unspecified atom stereocenters. The Morgan fingerprint density at radius 3 is 2.44 bits per heavy atom. The first-order chi connectivity index (χ1) is 11.8. The fraction of sp³-hybridized carbons (Fsp3) is 0.444. The third-order valence-electron chi connectivity index (χ3n) is 6.12. The number of carboxylic acids is 1. The van der Waals surface area contributed by atoms with Crippen LogP contribution in [0.25, 0.3) is 0 Å². The van der Waals surface area contributed by atoms with Gasteiger partial charge in [-0.05, 0) is 42.6 Å². The maximum Gasteiger partial charge on any atom is 0.307 e. The number of nitrogens with zero attached hydrogens (tertiary/aromatic N) is 1. The minimum atomic E-state index is -0.945. The highest BCUT2D eigenvalue weighted by molar-refractivity contribution is 5.97. The number of nitro benzene ring substituents is 1. The standard InChI is InChI=1S/C18H18N2O5/c1-9-2-3-10(20(24)25)8-13(9)19-16(21)14-11-4-5-12(15(14)17(22)23)18(11)6-7-18/h2-5,8,11-12,14-15H,6-7H2,1H3,(H,19,21)(H,22,23)/t11-,12-,14+,15-/m1/s1. The number of amides is 1. The van der Waals surface area contributed by atoms with Crippen molar-refractivity contribution in [1.82, 2.24) is 0 Å². The minimum Gasteiger partial charge on any atom is -0.481 e. The summed E-state index contributed by atoms with van der Waals surface area (Å²) in [5.41, 5.74) is 0.899. The maximum absolute atomic E-state index is 12.9. The average Bonchev–Trinajstić information content (AvgIpc) is 3.22. The molecule has 0 aromatic heterocycles. The Morgan fingerprint density at radius 2 is 1.88 bits per heavy atom. The number of carbonyl (C=O) groups is 2. The summed E-state index contributed by atoms with van der Waals surface area (Å²) in [5, 5.41) is 23.3. The predicted octanol–water partition coefficient (Wildman–Crippen LogP) is 2.75. The number of rotatable bonds is 4. The van der Waals surface area contributed by atoms with Crippen LogP contribution in [0.15, 0.2) is 30.4 Å². The Kier molecular flexibility index (Phi) is 3.25. The quantitative estimate of drug-likeness (QED) is 0.497. The number of carboxylic acid groups (broad SMARTS) is 1. The van der Waals surface area contributed by atoms with Crippen LogP contribution in [-0.2, 0) is 9.59 Å². The lowest BCUT2D eigenvalue weighted by molar-refractivity contribution is -0.384. The molecule has 1 aromatic carbocycles. The largest absolute Gasteiger partial charge is 0.481 e. The molecule has 1 amide bonds. The molecule has 2 saturated carbocycles. The van der Waals surface area contributed by atoms with E-state index >= 15 is 0 Å². The zero-order valence-corrected chi connectivity index (χ0v) is 13.6. The number of anilines is 1. The molecule has 0 radical (unpaired) electrons. The summed E-state index contributed by atoms with van der Waals surface area (Å²) in [6.45, 7) is 1.75. The fourth-order valence-corrected chi connectivity index (χ4v) is 4.76. The number of hydrogen-bond acceptors (Lipinski definition) is 4. The molecule has 3 aliphatic carbocycles. The van der Waals surface area contributed by atoms with E-state index in [4.69, 9.17) is 0 Å². The number of benzene rings is 1. The van der Waals surface area contributed by atoms with Gasteiger partial charge in [-0.2, -0.15) is 0 Å². The molecule has 3 aliphatic rings. The topological polar surface area (TPSA) is 110 Å². The van der Waals surface area contributed by atoms with Gasteiger partial charge in [-0.3, -0.25) is 19.7 Å². The molecule has 0 saturated heterocycles.